The normalized spacial score (nSPS) is 17.5. The molecular weight excluding hydrogens is 186 g/mol. The molecule has 1 unspecified atom stereocenters. The van der Waals surface area contributed by atoms with Gasteiger partial charge in [-0.3, -0.25) is 4.79 Å². The van der Waals surface area contributed by atoms with Gasteiger partial charge in [0, 0.05) is 13.5 Å². The number of rotatable bonds is 6. The number of methoxy groups -OCH3 is 1. The smallest absolute Gasteiger partial charge is 0.328 e. The van der Waals surface area contributed by atoms with Gasteiger partial charge < -0.3 is 15.2 Å². The monoisotopic (exact) mass is 201 g/mol. The minimum absolute atomic E-state index is 0.00569. The van der Waals surface area contributed by atoms with Crippen LogP contribution >= 0.6 is 0 Å². The van der Waals surface area contributed by atoms with Crippen molar-refractivity contribution in [2.75, 3.05) is 13.7 Å². The first-order valence-corrected chi connectivity index (χ1v) is 4.64. The van der Waals surface area contributed by atoms with Crippen molar-refractivity contribution in [1.82, 2.24) is 5.32 Å². The van der Waals surface area contributed by atoms with Crippen molar-refractivity contribution in [2.24, 2.45) is 5.92 Å². The van der Waals surface area contributed by atoms with Gasteiger partial charge in [0.05, 0.1) is 6.61 Å². The molecule has 80 valence electrons. The Hall–Kier alpha value is -1.10. The fraction of sp³-hybridized carbons (Fsp3) is 0.778. The lowest BCUT2D eigenvalue weighted by molar-refractivity contribution is -0.143. The Morgan fingerprint density at radius 3 is 2.64 bits per heavy atom. The number of carboxylic acid groups (broad SMARTS) is 1. The van der Waals surface area contributed by atoms with E-state index in [9.17, 15) is 9.59 Å². The topological polar surface area (TPSA) is 75.6 Å². The summed E-state index contributed by atoms with van der Waals surface area (Å²) in [6.45, 7) is 0.00569. The molecule has 0 aromatic heterocycles. The molecule has 1 aliphatic carbocycles. The molecule has 0 aromatic carbocycles. The van der Waals surface area contributed by atoms with Crippen LogP contribution in [0.15, 0.2) is 0 Å². The molecule has 1 aliphatic rings. The lowest BCUT2D eigenvalue weighted by atomic mass is 10.2. The quantitative estimate of drug-likeness (QED) is 0.634. The van der Waals surface area contributed by atoms with Crippen molar-refractivity contribution in [1.29, 1.82) is 0 Å². The third-order valence-electron chi connectivity index (χ3n) is 2.14. The number of aliphatic carboxylic acids is 1. The molecular formula is C9H15NO4. The van der Waals surface area contributed by atoms with Crippen LogP contribution in [-0.2, 0) is 14.3 Å². The van der Waals surface area contributed by atoms with Crippen LogP contribution in [0.25, 0.3) is 0 Å². The molecule has 5 heteroatoms. The van der Waals surface area contributed by atoms with Crippen molar-refractivity contribution in [3.63, 3.8) is 0 Å². The summed E-state index contributed by atoms with van der Waals surface area (Å²) in [7, 11) is 1.41. The molecule has 0 heterocycles. The average molecular weight is 201 g/mol. The van der Waals surface area contributed by atoms with E-state index in [4.69, 9.17) is 9.84 Å². The summed E-state index contributed by atoms with van der Waals surface area (Å²) in [5, 5.41) is 11.1. The van der Waals surface area contributed by atoms with Gasteiger partial charge in [-0.15, -0.1) is 0 Å². The van der Waals surface area contributed by atoms with E-state index in [0.717, 1.165) is 12.8 Å². The zero-order chi connectivity index (χ0) is 10.6. The zero-order valence-corrected chi connectivity index (χ0v) is 8.16. The molecule has 2 N–H and O–H groups in total. The molecule has 1 rings (SSSR count). The van der Waals surface area contributed by atoms with Gasteiger partial charge in [-0.1, -0.05) is 0 Å². The van der Waals surface area contributed by atoms with Gasteiger partial charge >= 0.3 is 5.97 Å². The van der Waals surface area contributed by atoms with Crippen LogP contribution in [-0.4, -0.2) is 36.7 Å². The summed E-state index contributed by atoms with van der Waals surface area (Å²) in [6, 6.07) is -0.925. The van der Waals surface area contributed by atoms with Crippen LogP contribution in [0.4, 0.5) is 0 Å². The van der Waals surface area contributed by atoms with E-state index in [-0.39, 0.29) is 12.5 Å². The Balaban J connectivity index is 2.29. The molecule has 0 spiro atoms. The highest BCUT2D eigenvalue weighted by Crippen LogP contribution is 2.32. The number of carbonyl (C=O) groups is 2. The van der Waals surface area contributed by atoms with Gasteiger partial charge in [-0.2, -0.15) is 0 Å². The fourth-order valence-corrected chi connectivity index (χ4v) is 1.18. The lowest BCUT2D eigenvalue weighted by Crippen LogP contribution is -2.43. The predicted octanol–water partition coefficient (Wildman–Crippen LogP) is 0.00230. The van der Waals surface area contributed by atoms with E-state index in [2.05, 4.69) is 5.32 Å². The van der Waals surface area contributed by atoms with Crippen LogP contribution in [0.5, 0.6) is 0 Å². The van der Waals surface area contributed by atoms with Crippen LogP contribution < -0.4 is 5.32 Å². The van der Waals surface area contributed by atoms with E-state index < -0.39 is 12.0 Å². The van der Waals surface area contributed by atoms with Crippen molar-refractivity contribution >= 4 is 11.9 Å². The Morgan fingerprint density at radius 1 is 1.57 bits per heavy atom. The Kier molecular flexibility index (Phi) is 3.88. The van der Waals surface area contributed by atoms with E-state index in [0.29, 0.717) is 12.3 Å². The Labute approximate surface area is 82.4 Å². The molecule has 0 aliphatic heterocycles. The molecule has 1 amide bonds. The summed E-state index contributed by atoms with van der Waals surface area (Å²) in [6.07, 6.45) is 2.60. The van der Waals surface area contributed by atoms with Crippen molar-refractivity contribution in [2.45, 2.75) is 25.3 Å². The maximum atomic E-state index is 11.3. The number of hydrogen-bond acceptors (Lipinski definition) is 3. The first-order chi connectivity index (χ1) is 6.63. The van der Waals surface area contributed by atoms with Gasteiger partial charge in [-0.25, -0.2) is 4.79 Å². The van der Waals surface area contributed by atoms with Crippen LogP contribution in [0.1, 0.15) is 19.3 Å². The lowest BCUT2D eigenvalue weighted by Gasteiger charge is -2.12. The van der Waals surface area contributed by atoms with Crippen LogP contribution in [0.2, 0.25) is 0 Å². The largest absolute Gasteiger partial charge is 0.480 e. The average Bonchev–Trinajstić information content (AvgIpc) is 2.87. The highest BCUT2D eigenvalue weighted by molar-refractivity contribution is 5.83. The second-order valence-electron chi connectivity index (χ2n) is 3.56. The van der Waals surface area contributed by atoms with Gasteiger partial charge in [0.25, 0.3) is 0 Å². The van der Waals surface area contributed by atoms with Crippen molar-refractivity contribution < 1.29 is 19.4 Å². The number of nitrogens with one attached hydrogen (secondary N) is 1. The van der Waals surface area contributed by atoms with E-state index in [1.54, 1.807) is 0 Å². The number of ether oxygens (including phenoxy) is 1. The van der Waals surface area contributed by atoms with E-state index >= 15 is 0 Å². The second-order valence-corrected chi connectivity index (χ2v) is 3.56. The molecule has 0 saturated heterocycles. The summed E-state index contributed by atoms with van der Waals surface area (Å²) in [5.41, 5.74) is 0. The van der Waals surface area contributed by atoms with Crippen molar-refractivity contribution in [3.05, 3.63) is 0 Å². The number of hydrogen-bond donors (Lipinski definition) is 2. The summed E-state index contributed by atoms with van der Waals surface area (Å²) >= 11 is 0. The highest BCUT2D eigenvalue weighted by atomic mass is 16.5. The first kappa shape index (κ1) is 11.0. The summed E-state index contributed by atoms with van der Waals surface area (Å²) in [4.78, 5) is 21.9. The third-order valence-corrected chi connectivity index (χ3v) is 2.14. The predicted molar refractivity (Wildman–Crippen MR) is 48.8 cm³/mol. The van der Waals surface area contributed by atoms with Gasteiger partial charge in [-0.05, 0) is 18.8 Å². The standard InChI is InChI=1S/C9H15NO4/c1-14-5-7(9(12)13)10-8(11)4-6-2-3-6/h6-7H,2-5H2,1H3,(H,10,11)(H,12,13). The highest BCUT2D eigenvalue weighted by Gasteiger charge is 2.26. The third kappa shape index (κ3) is 3.74. The van der Waals surface area contributed by atoms with Gasteiger partial charge in [0.1, 0.15) is 0 Å². The molecule has 0 radical (unpaired) electrons. The summed E-state index contributed by atoms with van der Waals surface area (Å²) in [5.74, 6) is -0.792. The van der Waals surface area contributed by atoms with Crippen LogP contribution in [0, 0.1) is 5.92 Å². The summed E-state index contributed by atoms with van der Waals surface area (Å²) < 4.78 is 4.69. The van der Waals surface area contributed by atoms with Crippen LogP contribution in [0.3, 0.4) is 0 Å². The minimum Gasteiger partial charge on any atom is -0.480 e. The first-order valence-electron chi connectivity index (χ1n) is 4.64. The molecule has 14 heavy (non-hydrogen) atoms. The Bertz CT molecular complexity index is 225. The van der Waals surface area contributed by atoms with E-state index in [1.807, 2.05) is 0 Å². The number of carboxylic acids is 1. The molecule has 1 saturated carbocycles. The molecule has 1 atom stereocenters. The van der Waals surface area contributed by atoms with Crippen molar-refractivity contribution in [3.8, 4) is 0 Å². The molecule has 0 bridgehead atoms. The minimum atomic E-state index is -1.06. The zero-order valence-electron chi connectivity index (χ0n) is 8.16. The maximum absolute atomic E-state index is 11.3. The molecule has 0 aromatic rings. The van der Waals surface area contributed by atoms with Gasteiger partial charge in [0.15, 0.2) is 6.04 Å². The molecule has 5 nitrogen and oxygen atoms in total. The fourth-order valence-electron chi connectivity index (χ4n) is 1.18. The van der Waals surface area contributed by atoms with E-state index in [1.165, 1.54) is 7.11 Å². The number of amides is 1. The number of carbonyl (C=O) groups excluding carboxylic acids is 1. The Morgan fingerprint density at radius 2 is 2.21 bits per heavy atom. The second kappa shape index (κ2) is 4.95. The molecule has 1 fully saturated rings. The SMILES string of the molecule is COCC(NC(=O)CC1CC1)C(=O)O. The maximum Gasteiger partial charge on any atom is 0.328 e. The van der Waals surface area contributed by atoms with Gasteiger partial charge in [0.2, 0.25) is 5.91 Å².